The number of ether oxygens (including phenoxy) is 1. The lowest BCUT2D eigenvalue weighted by atomic mass is 9.83. The van der Waals surface area contributed by atoms with Crippen LogP contribution in [0.25, 0.3) is 10.9 Å². The van der Waals surface area contributed by atoms with Crippen LogP contribution in [0.15, 0.2) is 54.6 Å². The van der Waals surface area contributed by atoms with E-state index in [0.29, 0.717) is 50.4 Å². The lowest BCUT2D eigenvalue weighted by Gasteiger charge is -2.41. The predicted molar refractivity (Wildman–Crippen MR) is 134 cm³/mol. The van der Waals surface area contributed by atoms with Gasteiger partial charge in [0.05, 0.1) is 17.5 Å². The molecule has 1 aliphatic rings. The minimum atomic E-state index is -0.813. The predicted octanol–water partition coefficient (Wildman–Crippen LogP) is 3.55. The van der Waals surface area contributed by atoms with E-state index in [0.717, 1.165) is 22.2 Å². The topological polar surface area (TPSA) is 104 Å². The van der Waals surface area contributed by atoms with Gasteiger partial charge in [-0.2, -0.15) is 0 Å². The lowest BCUT2D eigenvalue weighted by Crippen LogP contribution is -2.57. The Morgan fingerprint density at radius 1 is 1.14 bits per heavy atom. The fourth-order valence-electron chi connectivity index (χ4n) is 4.71. The molecule has 2 heterocycles. The number of piperidine rings is 1. The maximum Gasteiger partial charge on any atom is 0.251 e. The number of hydroxylamine groups is 1. The number of likely N-dealkylation sites (tertiary alicyclic amines) is 1. The molecule has 1 saturated heterocycles. The van der Waals surface area contributed by atoms with Crippen molar-refractivity contribution in [1.29, 1.82) is 0 Å². The molecule has 190 valence electrons. The van der Waals surface area contributed by atoms with Crippen LogP contribution in [-0.4, -0.2) is 58.8 Å². The maximum atomic E-state index is 13.0. The van der Waals surface area contributed by atoms with E-state index in [9.17, 15) is 14.0 Å². The van der Waals surface area contributed by atoms with Crippen molar-refractivity contribution in [1.82, 2.24) is 20.7 Å². The van der Waals surface area contributed by atoms with Gasteiger partial charge in [-0.25, -0.2) is 9.87 Å². The van der Waals surface area contributed by atoms with Crippen LogP contribution in [0.2, 0.25) is 0 Å². The Hall–Kier alpha value is -3.56. The standard InChI is InChI=1S/C27H31FN4O4/c1-19-16-21(23-4-2-3-5-24(23)29-19)18-36-22-8-6-20(7-9-22)26(34)30-27(17-25(33)31-35)10-13-32(14-11-27)15-12-28/h2-9,16,35H,10-15,17-18H2,1H3,(H,30,34)(H,31,33). The van der Waals surface area contributed by atoms with Crippen molar-refractivity contribution in [3.8, 4) is 5.75 Å². The van der Waals surface area contributed by atoms with Gasteiger partial charge < -0.3 is 15.0 Å². The Balaban J connectivity index is 1.41. The molecule has 0 aliphatic carbocycles. The van der Waals surface area contributed by atoms with Gasteiger partial charge in [0.1, 0.15) is 19.0 Å². The Bertz CT molecular complexity index is 1210. The summed E-state index contributed by atoms with van der Waals surface area (Å²) in [5.74, 6) is -0.266. The van der Waals surface area contributed by atoms with Crippen molar-refractivity contribution in [2.75, 3.05) is 26.3 Å². The zero-order valence-electron chi connectivity index (χ0n) is 20.3. The fraction of sp³-hybridized carbons (Fsp3) is 0.370. The molecule has 1 aromatic heterocycles. The Morgan fingerprint density at radius 2 is 1.86 bits per heavy atom. The normalized spacial score (nSPS) is 15.4. The van der Waals surface area contributed by atoms with Crippen LogP contribution in [-0.2, 0) is 11.4 Å². The van der Waals surface area contributed by atoms with E-state index >= 15 is 0 Å². The smallest absolute Gasteiger partial charge is 0.251 e. The SMILES string of the molecule is Cc1cc(COc2ccc(C(=O)NC3(CC(=O)NO)CCN(CCF)CC3)cc2)c2ccccc2n1. The number of amides is 2. The van der Waals surface area contributed by atoms with Crippen molar-refractivity contribution < 1.29 is 23.9 Å². The van der Waals surface area contributed by atoms with E-state index in [-0.39, 0.29) is 12.3 Å². The quantitative estimate of drug-likeness (QED) is 0.311. The third-order valence-electron chi connectivity index (χ3n) is 6.66. The van der Waals surface area contributed by atoms with E-state index in [2.05, 4.69) is 10.3 Å². The highest BCUT2D eigenvalue weighted by Crippen LogP contribution is 2.27. The molecule has 1 fully saturated rings. The van der Waals surface area contributed by atoms with E-state index in [4.69, 9.17) is 9.94 Å². The molecular weight excluding hydrogens is 463 g/mol. The molecule has 0 unspecified atom stereocenters. The molecule has 2 amide bonds. The first kappa shape index (κ1) is 25.5. The highest BCUT2D eigenvalue weighted by atomic mass is 19.1. The zero-order valence-corrected chi connectivity index (χ0v) is 20.3. The largest absolute Gasteiger partial charge is 0.489 e. The van der Waals surface area contributed by atoms with Gasteiger partial charge in [0.2, 0.25) is 5.91 Å². The van der Waals surface area contributed by atoms with Crippen molar-refractivity contribution >= 4 is 22.7 Å². The van der Waals surface area contributed by atoms with E-state index in [1.54, 1.807) is 29.7 Å². The summed E-state index contributed by atoms with van der Waals surface area (Å²) in [4.78, 5) is 31.5. The summed E-state index contributed by atoms with van der Waals surface area (Å²) in [6, 6.07) is 16.8. The van der Waals surface area contributed by atoms with Crippen LogP contribution in [0, 0.1) is 6.92 Å². The molecule has 3 aromatic rings. The molecule has 0 radical (unpaired) electrons. The first-order chi connectivity index (χ1) is 17.4. The zero-order chi connectivity index (χ0) is 25.5. The summed E-state index contributed by atoms with van der Waals surface area (Å²) in [5, 5.41) is 13.1. The molecule has 3 N–H and O–H groups in total. The first-order valence-corrected chi connectivity index (χ1v) is 12.0. The number of benzene rings is 2. The van der Waals surface area contributed by atoms with Crippen LogP contribution in [0.3, 0.4) is 0 Å². The second-order valence-electron chi connectivity index (χ2n) is 9.23. The van der Waals surface area contributed by atoms with E-state index in [1.165, 1.54) is 0 Å². The van der Waals surface area contributed by atoms with Crippen molar-refractivity contribution in [3.63, 3.8) is 0 Å². The number of alkyl halides is 1. The van der Waals surface area contributed by atoms with Crippen molar-refractivity contribution in [2.45, 2.75) is 38.3 Å². The van der Waals surface area contributed by atoms with Gasteiger partial charge in [0, 0.05) is 41.8 Å². The molecule has 2 aromatic carbocycles. The highest BCUT2D eigenvalue weighted by Gasteiger charge is 2.38. The number of para-hydroxylation sites is 1. The van der Waals surface area contributed by atoms with Gasteiger partial charge in [0.25, 0.3) is 5.91 Å². The monoisotopic (exact) mass is 494 g/mol. The number of hydrogen-bond acceptors (Lipinski definition) is 6. The second-order valence-corrected chi connectivity index (χ2v) is 9.23. The summed E-state index contributed by atoms with van der Waals surface area (Å²) >= 11 is 0. The minimum absolute atomic E-state index is 0.0563. The number of aryl methyl sites for hydroxylation is 1. The molecular formula is C27H31FN4O4. The molecule has 0 saturated carbocycles. The molecule has 1 aliphatic heterocycles. The van der Waals surface area contributed by atoms with Gasteiger partial charge in [0.15, 0.2) is 0 Å². The second kappa shape index (κ2) is 11.5. The number of nitrogens with zero attached hydrogens (tertiary/aromatic N) is 2. The highest BCUT2D eigenvalue weighted by molar-refractivity contribution is 5.95. The summed E-state index contributed by atoms with van der Waals surface area (Å²) in [6.45, 7) is 3.31. The molecule has 36 heavy (non-hydrogen) atoms. The van der Waals surface area contributed by atoms with Crippen LogP contribution in [0.4, 0.5) is 4.39 Å². The number of nitrogens with one attached hydrogen (secondary N) is 2. The summed E-state index contributed by atoms with van der Waals surface area (Å²) in [6.07, 6.45) is 0.901. The van der Waals surface area contributed by atoms with Gasteiger partial charge in [-0.3, -0.25) is 19.8 Å². The van der Waals surface area contributed by atoms with E-state index in [1.807, 2.05) is 42.2 Å². The first-order valence-electron chi connectivity index (χ1n) is 12.0. The summed E-state index contributed by atoms with van der Waals surface area (Å²) < 4.78 is 18.7. The molecule has 8 nitrogen and oxygen atoms in total. The van der Waals surface area contributed by atoms with Gasteiger partial charge >= 0.3 is 0 Å². The van der Waals surface area contributed by atoms with Crippen molar-refractivity contribution in [2.24, 2.45) is 0 Å². The molecule has 4 rings (SSSR count). The van der Waals surface area contributed by atoms with Crippen LogP contribution in [0.1, 0.15) is 40.9 Å². The Kier molecular flexibility index (Phi) is 8.12. The average Bonchev–Trinajstić information content (AvgIpc) is 2.89. The average molecular weight is 495 g/mol. The third-order valence-corrected chi connectivity index (χ3v) is 6.66. The third kappa shape index (κ3) is 6.16. The number of halogens is 1. The molecule has 0 atom stereocenters. The number of fused-ring (bicyclic) bond motifs is 1. The van der Waals surface area contributed by atoms with Crippen LogP contribution < -0.4 is 15.5 Å². The Labute approximate surface area is 209 Å². The van der Waals surface area contributed by atoms with Crippen LogP contribution in [0.5, 0.6) is 5.75 Å². The minimum Gasteiger partial charge on any atom is -0.489 e. The van der Waals surface area contributed by atoms with E-state index < -0.39 is 18.1 Å². The number of pyridine rings is 1. The molecule has 9 heteroatoms. The number of aromatic nitrogens is 1. The Morgan fingerprint density at radius 3 is 2.56 bits per heavy atom. The summed E-state index contributed by atoms with van der Waals surface area (Å²) in [5.41, 5.74) is 4.14. The number of carbonyl (C=O) groups is 2. The number of hydrogen-bond donors (Lipinski definition) is 3. The maximum absolute atomic E-state index is 13.0. The lowest BCUT2D eigenvalue weighted by molar-refractivity contribution is -0.131. The number of rotatable bonds is 9. The van der Waals surface area contributed by atoms with Crippen molar-refractivity contribution in [3.05, 3.63) is 71.4 Å². The molecule has 0 bridgehead atoms. The van der Waals surface area contributed by atoms with Gasteiger partial charge in [-0.05, 0) is 56.2 Å². The van der Waals surface area contributed by atoms with Gasteiger partial charge in [-0.15, -0.1) is 0 Å². The summed E-state index contributed by atoms with van der Waals surface area (Å²) in [7, 11) is 0. The van der Waals surface area contributed by atoms with Gasteiger partial charge in [-0.1, -0.05) is 18.2 Å². The molecule has 0 spiro atoms. The fourth-order valence-corrected chi connectivity index (χ4v) is 4.71. The van der Waals surface area contributed by atoms with Crippen LogP contribution >= 0.6 is 0 Å². The number of carbonyl (C=O) groups excluding carboxylic acids is 2.